The molecule has 0 heterocycles. The lowest BCUT2D eigenvalue weighted by atomic mass is 10.0. The van der Waals surface area contributed by atoms with Crippen molar-refractivity contribution in [1.29, 1.82) is 0 Å². The molecule has 2 unspecified atom stereocenters. The van der Waals surface area contributed by atoms with Crippen molar-refractivity contribution in [3.8, 4) is 5.75 Å². The zero-order valence-electron chi connectivity index (χ0n) is 13.8. The predicted molar refractivity (Wildman–Crippen MR) is 89.0 cm³/mol. The number of rotatable bonds is 12. The van der Waals surface area contributed by atoms with E-state index in [1.807, 2.05) is 30.3 Å². The van der Waals surface area contributed by atoms with Crippen LogP contribution >= 0.6 is 0 Å². The smallest absolute Gasteiger partial charge is 0.119 e. The van der Waals surface area contributed by atoms with Gasteiger partial charge in [-0.25, -0.2) is 0 Å². The fourth-order valence-corrected chi connectivity index (χ4v) is 2.45. The molecular formula is C18H31NO2. The average Bonchev–Trinajstić information content (AvgIpc) is 2.53. The van der Waals surface area contributed by atoms with Gasteiger partial charge in [0.25, 0.3) is 0 Å². The lowest BCUT2D eigenvalue weighted by Gasteiger charge is -2.27. The topological polar surface area (TPSA) is 30.5 Å². The van der Waals surface area contributed by atoms with Gasteiger partial charge in [-0.1, -0.05) is 45.4 Å². The maximum Gasteiger partial charge on any atom is 0.119 e. The van der Waals surface area contributed by atoms with Gasteiger partial charge in [0.15, 0.2) is 0 Å². The first kappa shape index (κ1) is 18.0. The molecule has 0 amide bonds. The van der Waals surface area contributed by atoms with Gasteiger partial charge in [0.05, 0.1) is 12.7 Å². The van der Waals surface area contributed by atoms with Crippen molar-refractivity contribution in [1.82, 2.24) is 5.32 Å². The standard InChI is InChI=1S/C18H31NO2/c1-4-10-17(19-13-5-2)18(6-3)21-15-14-20-16-11-8-7-9-12-16/h7-9,11-12,17-19H,4-6,10,13-15H2,1-3H3. The Morgan fingerprint density at radius 1 is 1.00 bits per heavy atom. The van der Waals surface area contributed by atoms with E-state index < -0.39 is 0 Å². The second-order valence-corrected chi connectivity index (χ2v) is 5.33. The van der Waals surface area contributed by atoms with E-state index in [0.29, 0.717) is 19.3 Å². The highest BCUT2D eigenvalue weighted by atomic mass is 16.5. The van der Waals surface area contributed by atoms with Gasteiger partial charge >= 0.3 is 0 Å². The van der Waals surface area contributed by atoms with Crippen LogP contribution in [0.2, 0.25) is 0 Å². The molecule has 2 atom stereocenters. The molecular weight excluding hydrogens is 262 g/mol. The molecule has 0 aliphatic rings. The highest BCUT2D eigenvalue weighted by Crippen LogP contribution is 2.12. The maximum absolute atomic E-state index is 6.04. The Hall–Kier alpha value is -1.06. The summed E-state index contributed by atoms with van der Waals surface area (Å²) in [6.07, 6.45) is 4.82. The largest absolute Gasteiger partial charge is 0.491 e. The highest BCUT2D eigenvalue weighted by molar-refractivity contribution is 5.20. The molecule has 0 bridgehead atoms. The van der Waals surface area contributed by atoms with Crippen molar-refractivity contribution in [2.45, 2.75) is 58.6 Å². The molecule has 0 aliphatic heterocycles. The lowest BCUT2D eigenvalue weighted by molar-refractivity contribution is 0.00693. The van der Waals surface area contributed by atoms with E-state index >= 15 is 0 Å². The van der Waals surface area contributed by atoms with Crippen LogP contribution in [-0.2, 0) is 4.74 Å². The van der Waals surface area contributed by atoms with Crippen molar-refractivity contribution in [2.75, 3.05) is 19.8 Å². The second-order valence-electron chi connectivity index (χ2n) is 5.33. The van der Waals surface area contributed by atoms with E-state index in [1.165, 1.54) is 6.42 Å². The predicted octanol–water partition coefficient (Wildman–Crippen LogP) is 4.03. The monoisotopic (exact) mass is 293 g/mol. The van der Waals surface area contributed by atoms with Crippen LogP contribution in [0, 0.1) is 0 Å². The van der Waals surface area contributed by atoms with E-state index in [9.17, 15) is 0 Å². The summed E-state index contributed by atoms with van der Waals surface area (Å²) < 4.78 is 11.7. The molecule has 0 spiro atoms. The minimum absolute atomic E-state index is 0.274. The van der Waals surface area contributed by atoms with Crippen LogP contribution in [0.3, 0.4) is 0 Å². The van der Waals surface area contributed by atoms with Gasteiger partial charge < -0.3 is 14.8 Å². The van der Waals surface area contributed by atoms with Crippen LogP contribution in [0.15, 0.2) is 30.3 Å². The molecule has 0 radical (unpaired) electrons. The van der Waals surface area contributed by atoms with Gasteiger partial charge in [0.1, 0.15) is 12.4 Å². The summed E-state index contributed by atoms with van der Waals surface area (Å²) in [4.78, 5) is 0. The van der Waals surface area contributed by atoms with Crippen LogP contribution in [0.4, 0.5) is 0 Å². The number of nitrogens with one attached hydrogen (secondary N) is 1. The Labute approximate surface area is 130 Å². The first-order valence-electron chi connectivity index (χ1n) is 8.34. The van der Waals surface area contributed by atoms with Crippen LogP contribution < -0.4 is 10.1 Å². The Morgan fingerprint density at radius 3 is 2.38 bits per heavy atom. The minimum atomic E-state index is 0.274. The third-order valence-corrected chi connectivity index (χ3v) is 3.53. The highest BCUT2D eigenvalue weighted by Gasteiger charge is 2.18. The summed E-state index contributed by atoms with van der Waals surface area (Å²) in [7, 11) is 0. The first-order chi connectivity index (χ1) is 10.3. The van der Waals surface area contributed by atoms with Crippen LogP contribution in [0.25, 0.3) is 0 Å². The van der Waals surface area contributed by atoms with Gasteiger partial charge in [-0.2, -0.15) is 0 Å². The molecule has 1 aromatic carbocycles. The van der Waals surface area contributed by atoms with Gasteiger partial charge in [-0.15, -0.1) is 0 Å². The van der Waals surface area contributed by atoms with Crippen molar-refractivity contribution in [3.05, 3.63) is 30.3 Å². The fourth-order valence-electron chi connectivity index (χ4n) is 2.45. The third-order valence-electron chi connectivity index (χ3n) is 3.53. The Morgan fingerprint density at radius 2 is 1.76 bits per heavy atom. The fraction of sp³-hybridized carbons (Fsp3) is 0.667. The van der Waals surface area contributed by atoms with Crippen LogP contribution in [-0.4, -0.2) is 31.9 Å². The summed E-state index contributed by atoms with van der Waals surface area (Å²) in [5.41, 5.74) is 0. The maximum atomic E-state index is 6.04. The van der Waals surface area contributed by atoms with E-state index in [2.05, 4.69) is 26.1 Å². The van der Waals surface area contributed by atoms with E-state index in [4.69, 9.17) is 9.47 Å². The van der Waals surface area contributed by atoms with Gasteiger partial charge in [-0.3, -0.25) is 0 Å². The summed E-state index contributed by atoms with van der Waals surface area (Å²) >= 11 is 0. The number of hydrogen-bond donors (Lipinski definition) is 1. The first-order valence-corrected chi connectivity index (χ1v) is 8.34. The molecule has 0 saturated heterocycles. The molecule has 3 nitrogen and oxygen atoms in total. The molecule has 0 aromatic heterocycles. The zero-order chi connectivity index (χ0) is 15.3. The number of hydrogen-bond acceptors (Lipinski definition) is 3. The molecule has 21 heavy (non-hydrogen) atoms. The van der Waals surface area contributed by atoms with E-state index in [1.54, 1.807) is 0 Å². The van der Waals surface area contributed by atoms with Crippen molar-refractivity contribution >= 4 is 0 Å². The summed E-state index contributed by atoms with van der Waals surface area (Å²) in [6, 6.07) is 10.4. The van der Waals surface area contributed by atoms with Crippen LogP contribution in [0.1, 0.15) is 46.5 Å². The third kappa shape index (κ3) is 7.49. The molecule has 120 valence electrons. The normalized spacial score (nSPS) is 13.9. The van der Waals surface area contributed by atoms with E-state index in [0.717, 1.165) is 31.6 Å². The molecule has 3 heteroatoms. The quantitative estimate of drug-likeness (QED) is 0.590. The number of benzene rings is 1. The number of para-hydroxylation sites is 1. The average molecular weight is 293 g/mol. The molecule has 0 aliphatic carbocycles. The molecule has 0 fully saturated rings. The van der Waals surface area contributed by atoms with Crippen molar-refractivity contribution < 1.29 is 9.47 Å². The molecule has 1 rings (SSSR count). The van der Waals surface area contributed by atoms with Crippen molar-refractivity contribution in [2.24, 2.45) is 0 Å². The summed E-state index contributed by atoms with van der Waals surface area (Å²) in [6.45, 7) is 8.93. The van der Waals surface area contributed by atoms with Gasteiger partial charge in [-0.05, 0) is 37.9 Å². The summed E-state index contributed by atoms with van der Waals surface area (Å²) in [5, 5.41) is 3.61. The second kappa shape index (κ2) is 11.6. The molecule has 0 saturated carbocycles. The molecule has 1 aromatic rings. The minimum Gasteiger partial charge on any atom is -0.491 e. The number of ether oxygens (including phenoxy) is 2. The zero-order valence-corrected chi connectivity index (χ0v) is 13.8. The van der Waals surface area contributed by atoms with Gasteiger partial charge in [0.2, 0.25) is 0 Å². The Kier molecular flexibility index (Phi) is 9.92. The lowest BCUT2D eigenvalue weighted by Crippen LogP contribution is -2.42. The summed E-state index contributed by atoms with van der Waals surface area (Å²) in [5.74, 6) is 0.906. The van der Waals surface area contributed by atoms with Crippen molar-refractivity contribution in [3.63, 3.8) is 0 Å². The van der Waals surface area contributed by atoms with E-state index in [-0.39, 0.29) is 6.10 Å². The Bertz CT molecular complexity index is 342. The molecule has 1 N–H and O–H groups in total. The van der Waals surface area contributed by atoms with Gasteiger partial charge in [0, 0.05) is 6.04 Å². The SMILES string of the molecule is CCCNC(CCC)C(CC)OCCOc1ccccc1. The van der Waals surface area contributed by atoms with Crippen LogP contribution in [0.5, 0.6) is 5.75 Å². The Balaban J connectivity index is 2.30.